The van der Waals surface area contributed by atoms with Crippen LogP contribution in [0.1, 0.15) is 12.5 Å². The molecule has 2 aromatic carbocycles. The molecule has 0 spiro atoms. The molecule has 1 amide bonds. The number of nitrogens with zero attached hydrogens (tertiary/aromatic N) is 2. The number of nitrogens with one attached hydrogen (secondary N) is 1. The van der Waals surface area contributed by atoms with E-state index in [9.17, 15) is 4.79 Å². The van der Waals surface area contributed by atoms with E-state index in [-0.39, 0.29) is 11.7 Å². The van der Waals surface area contributed by atoms with Crippen molar-refractivity contribution in [2.75, 3.05) is 20.0 Å². The molecule has 0 fully saturated rings. The molecule has 27 heavy (non-hydrogen) atoms. The van der Waals surface area contributed by atoms with Gasteiger partial charge < -0.3 is 13.9 Å². The fourth-order valence-corrected chi connectivity index (χ4v) is 2.98. The molecule has 0 unspecified atom stereocenters. The second-order valence-corrected chi connectivity index (χ2v) is 6.46. The van der Waals surface area contributed by atoms with E-state index in [0.29, 0.717) is 28.0 Å². The number of amides is 1. The van der Waals surface area contributed by atoms with Crippen molar-refractivity contribution in [2.24, 2.45) is 5.10 Å². The van der Waals surface area contributed by atoms with E-state index < -0.39 is 0 Å². The first-order chi connectivity index (χ1) is 13.1. The molecule has 0 saturated heterocycles. The van der Waals surface area contributed by atoms with E-state index in [2.05, 4.69) is 15.5 Å². The van der Waals surface area contributed by atoms with Crippen LogP contribution in [0.15, 0.2) is 57.2 Å². The Labute approximate surface area is 160 Å². The quantitative estimate of drug-likeness (QED) is 0.381. The highest BCUT2D eigenvalue weighted by Gasteiger charge is 2.10. The van der Waals surface area contributed by atoms with E-state index >= 15 is 0 Å². The molecular weight excluding hydrogens is 366 g/mol. The van der Waals surface area contributed by atoms with Gasteiger partial charge in [0.1, 0.15) is 5.52 Å². The number of carbonyl (C=O) groups is 1. The highest BCUT2D eigenvalue weighted by Crippen LogP contribution is 2.27. The Balaban J connectivity index is 1.58. The van der Waals surface area contributed by atoms with Crippen molar-refractivity contribution in [3.05, 3.63) is 48.0 Å². The molecule has 3 aromatic rings. The van der Waals surface area contributed by atoms with Crippen LogP contribution in [-0.4, -0.2) is 36.6 Å². The first-order valence-electron chi connectivity index (χ1n) is 8.14. The summed E-state index contributed by atoms with van der Waals surface area (Å²) >= 11 is 1.22. The van der Waals surface area contributed by atoms with Crippen molar-refractivity contribution in [3.8, 4) is 11.5 Å². The molecule has 0 radical (unpaired) electrons. The van der Waals surface area contributed by atoms with E-state index in [1.807, 2.05) is 30.3 Å². The number of fused-ring (bicyclic) bond motifs is 1. The zero-order valence-electron chi connectivity index (χ0n) is 15.2. The molecule has 1 heterocycles. The van der Waals surface area contributed by atoms with Gasteiger partial charge in [0.05, 0.1) is 25.7 Å². The summed E-state index contributed by atoms with van der Waals surface area (Å²) < 4.78 is 16.1. The summed E-state index contributed by atoms with van der Waals surface area (Å²) in [6, 6.07) is 12.9. The van der Waals surface area contributed by atoms with E-state index in [0.717, 1.165) is 11.1 Å². The predicted molar refractivity (Wildman–Crippen MR) is 105 cm³/mol. The van der Waals surface area contributed by atoms with Crippen molar-refractivity contribution < 1.29 is 18.7 Å². The maximum absolute atomic E-state index is 12.0. The third-order valence-electron chi connectivity index (χ3n) is 3.75. The summed E-state index contributed by atoms with van der Waals surface area (Å²) in [4.78, 5) is 16.4. The highest BCUT2D eigenvalue weighted by atomic mass is 32.2. The molecule has 0 aliphatic rings. The molecule has 8 heteroatoms. The van der Waals surface area contributed by atoms with Gasteiger partial charge in [0.15, 0.2) is 17.1 Å². The Morgan fingerprint density at radius 1 is 1.19 bits per heavy atom. The van der Waals surface area contributed by atoms with Crippen LogP contribution in [0, 0.1) is 0 Å². The number of carbonyl (C=O) groups excluding carboxylic acids is 1. The third kappa shape index (κ3) is 4.59. The Kier molecular flexibility index (Phi) is 5.97. The minimum Gasteiger partial charge on any atom is -0.493 e. The maximum atomic E-state index is 12.0. The molecule has 1 N–H and O–H groups in total. The largest absolute Gasteiger partial charge is 0.493 e. The van der Waals surface area contributed by atoms with Gasteiger partial charge in [-0.25, -0.2) is 10.4 Å². The summed E-state index contributed by atoms with van der Waals surface area (Å²) in [7, 11) is 3.15. The number of para-hydroxylation sites is 2. The van der Waals surface area contributed by atoms with Crippen LogP contribution in [0.4, 0.5) is 0 Å². The van der Waals surface area contributed by atoms with Gasteiger partial charge in [-0.15, -0.1) is 0 Å². The molecule has 7 nitrogen and oxygen atoms in total. The number of ether oxygens (including phenoxy) is 2. The monoisotopic (exact) mass is 385 g/mol. The Bertz CT molecular complexity index is 951. The lowest BCUT2D eigenvalue weighted by Crippen LogP contribution is -2.21. The fraction of sp³-hybridized carbons (Fsp3) is 0.211. The van der Waals surface area contributed by atoms with Gasteiger partial charge in [0.25, 0.3) is 11.1 Å². The third-order valence-corrected chi connectivity index (χ3v) is 4.58. The summed E-state index contributed by atoms with van der Waals surface area (Å²) in [6.45, 7) is 1.80. The van der Waals surface area contributed by atoms with Crippen LogP contribution in [-0.2, 0) is 4.79 Å². The number of rotatable bonds is 7. The van der Waals surface area contributed by atoms with Crippen LogP contribution >= 0.6 is 11.8 Å². The molecule has 140 valence electrons. The SMILES string of the molecule is COc1ccc(/C(C)=N\NC(=O)CSc2nc3ccccc3o2)cc1OC. The smallest absolute Gasteiger partial charge is 0.257 e. The highest BCUT2D eigenvalue weighted by molar-refractivity contribution is 7.99. The van der Waals surface area contributed by atoms with E-state index in [4.69, 9.17) is 13.9 Å². The topological polar surface area (TPSA) is 86.0 Å². The van der Waals surface area contributed by atoms with Crippen LogP contribution in [0.25, 0.3) is 11.1 Å². The molecule has 0 aliphatic carbocycles. The molecule has 0 aliphatic heterocycles. The average Bonchev–Trinajstić information content (AvgIpc) is 3.12. The predicted octanol–water partition coefficient (Wildman–Crippen LogP) is 3.48. The average molecular weight is 385 g/mol. The van der Waals surface area contributed by atoms with Crippen LogP contribution in [0.5, 0.6) is 11.5 Å². The van der Waals surface area contributed by atoms with Crippen molar-refractivity contribution >= 4 is 34.5 Å². The van der Waals surface area contributed by atoms with Gasteiger partial charge in [-0.3, -0.25) is 4.79 Å². The summed E-state index contributed by atoms with van der Waals surface area (Å²) in [6.07, 6.45) is 0. The molecule has 0 atom stereocenters. The van der Waals surface area contributed by atoms with Crippen molar-refractivity contribution in [2.45, 2.75) is 12.1 Å². The van der Waals surface area contributed by atoms with E-state index in [1.165, 1.54) is 11.8 Å². The van der Waals surface area contributed by atoms with Gasteiger partial charge in [-0.2, -0.15) is 5.10 Å². The van der Waals surface area contributed by atoms with Gasteiger partial charge >= 0.3 is 0 Å². The first-order valence-corrected chi connectivity index (χ1v) is 9.13. The van der Waals surface area contributed by atoms with Gasteiger partial charge in [-0.05, 0) is 37.3 Å². The maximum Gasteiger partial charge on any atom is 0.257 e. The number of thioether (sulfide) groups is 1. The summed E-state index contributed by atoms with van der Waals surface area (Å²) in [5, 5.41) is 4.59. The lowest BCUT2D eigenvalue weighted by atomic mass is 10.1. The number of aromatic nitrogens is 1. The fourth-order valence-electron chi connectivity index (χ4n) is 2.34. The van der Waals surface area contributed by atoms with Crippen LogP contribution < -0.4 is 14.9 Å². The molecule has 0 saturated carbocycles. The van der Waals surface area contributed by atoms with Gasteiger partial charge in [-0.1, -0.05) is 23.9 Å². The molecular formula is C19H19N3O4S. The zero-order valence-corrected chi connectivity index (χ0v) is 16.0. The first kappa shape index (κ1) is 18.8. The Hall–Kier alpha value is -3.00. The molecule has 3 rings (SSSR count). The minimum atomic E-state index is -0.248. The van der Waals surface area contributed by atoms with E-state index in [1.54, 1.807) is 33.3 Å². The lowest BCUT2D eigenvalue weighted by Gasteiger charge is -2.09. The van der Waals surface area contributed by atoms with Crippen molar-refractivity contribution in [3.63, 3.8) is 0 Å². The minimum absolute atomic E-state index is 0.148. The molecule has 1 aromatic heterocycles. The number of benzene rings is 2. The number of hydrogen-bond donors (Lipinski definition) is 1. The number of hydrogen-bond acceptors (Lipinski definition) is 7. The summed E-state index contributed by atoms with van der Waals surface area (Å²) in [5.74, 6) is 1.13. The second-order valence-electron chi connectivity index (χ2n) is 5.54. The number of hydrazone groups is 1. The number of oxazole rings is 1. The van der Waals surface area contributed by atoms with Gasteiger partial charge in [0.2, 0.25) is 0 Å². The zero-order chi connectivity index (χ0) is 19.2. The lowest BCUT2D eigenvalue weighted by molar-refractivity contribution is -0.118. The Morgan fingerprint density at radius 3 is 2.70 bits per heavy atom. The van der Waals surface area contributed by atoms with Crippen molar-refractivity contribution in [1.82, 2.24) is 10.4 Å². The van der Waals surface area contributed by atoms with Gasteiger partial charge in [0, 0.05) is 5.56 Å². The normalized spacial score (nSPS) is 11.4. The van der Waals surface area contributed by atoms with Crippen LogP contribution in [0.3, 0.4) is 0 Å². The van der Waals surface area contributed by atoms with Crippen LogP contribution in [0.2, 0.25) is 0 Å². The number of methoxy groups -OCH3 is 2. The Morgan fingerprint density at radius 2 is 1.96 bits per heavy atom. The standard InChI is InChI=1S/C19H19N3O4S/c1-12(13-8-9-16(24-2)17(10-13)25-3)21-22-18(23)11-27-19-20-14-6-4-5-7-15(14)26-19/h4-10H,11H2,1-3H3,(H,22,23)/b21-12-. The summed E-state index contributed by atoms with van der Waals surface area (Å²) in [5.41, 5.74) is 5.47. The molecule has 0 bridgehead atoms. The van der Waals surface area contributed by atoms with Crippen molar-refractivity contribution in [1.29, 1.82) is 0 Å². The second kappa shape index (κ2) is 8.59.